The molecule has 2 aromatic rings. The molecule has 80 valence electrons. The lowest BCUT2D eigenvalue weighted by molar-refractivity contribution is 0.102. The SMILES string of the molecule is O=Nc1cnc(NC(=O)c2ccccc2)s1. The van der Waals surface area contributed by atoms with Gasteiger partial charge in [-0.2, -0.15) is 0 Å². The van der Waals surface area contributed by atoms with Crippen LogP contribution in [0.5, 0.6) is 0 Å². The van der Waals surface area contributed by atoms with Gasteiger partial charge in [0, 0.05) is 5.56 Å². The van der Waals surface area contributed by atoms with Gasteiger partial charge in [-0.05, 0) is 17.3 Å². The Labute approximate surface area is 95.1 Å². The van der Waals surface area contributed by atoms with Crippen LogP contribution in [-0.2, 0) is 0 Å². The van der Waals surface area contributed by atoms with E-state index in [9.17, 15) is 9.70 Å². The van der Waals surface area contributed by atoms with E-state index < -0.39 is 0 Å². The average molecular weight is 233 g/mol. The molecule has 0 aliphatic rings. The average Bonchev–Trinajstić information content (AvgIpc) is 2.78. The van der Waals surface area contributed by atoms with Crippen LogP contribution in [0, 0.1) is 4.91 Å². The van der Waals surface area contributed by atoms with Gasteiger partial charge in [0.05, 0.1) is 6.20 Å². The molecule has 0 spiro atoms. The third kappa shape index (κ3) is 2.29. The number of carbonyl (C=O) groups excluding carboxylic acids is 1. The summed E-state index contributed by atoms with van der Waals surface area (Å²) in [6, 6.07) is 8.77. The van der Waals surface area contributed by atoms with Crippen LogP contribution in [-0.4, -0.2) is 10.9 Å². The summed E-state index contributed by atoms with van der Waals surface area (Å²) in [5, 5.41) is 5.91. The van der Waals surface area contributed by atoms with Crippen LogP contribution in [0.1, 0.15) is 10.4 Å². The number of hydrogen-bond donors (Lipinski definition) is 1. The van der Waals surface area contributed by atoms with Crippen molar-refractivity contribution in [2.24, 2.45) is 5.18 Å². The highest BCUT2D eigenvalue weighted by molar-refractivity contribution is 7.19. The highest BCUT2D eigenvalue weighted by atomic mass is 32.1. The Balaban J connectivity index is 2.11. The van der Waals surface area contributed by atoms with Gasteiger partial charge in [0.2, 0.25) is 0 Å². The summed E-state index contributed by atoms with van der Waals surface area (Å²) < 4.78 is 0. The Hall–Kier alpha value is -2.08. The maximum atomic E-state index is 11.7. The third-order valence-corrected chi connectivity index (χ3v) is 2.63. The Morgan fingerprint density at radius 3 is 2.69 bits per heavy atom. The summed E-state index contributed by atoms with van der Waals surface area (Å²) >= 11 is 1.03. The summed E-state index contributed by atoms with van der Waals surface area (Å²) in [7, 11) is 0. The van der Waals surface area contributed by atoms with Crippen LogP contribution in [0.4, 0.5) is 10.1 Å². The van der Waals surface area contributed by atoms with Gasteiger partial charge in [0.25, 0.3) is 5.91 Å². The number of amides is 1. The minimum Gasteiger partial charge on any atom is -0.298 e. The van der Waals surface area contributed by atoms with Crippen LogP contribution in [0.15, 0.2) is 41.7 Å². The fourth-order valence-electron chi connectivity index (χ4n) is 1.12. The van der Waals surface area contributed by atoms with Crippen LogP contribution < -0.4 is 5.32 Å². The standard InChI is InChI=1S/C10H7N3O2S/c14-9(7-4-2-1-3-5-7)12-10-11-6-8(13-15)16-10/h1-6H,(H,11,12,14). The Morgan fingerprint density at radius 2 is 2.06 bits per heavy atom. The molecule has 0 fully saturated rings. The summed E-state index contributed by atoms with van der Waals surface area (Å²) in [4.78, 5) is 25.7. The minimum atomic E-state index is -0.257. The molecule has 0 aliphatic carbocycles. The molecule has 2 rings (SSSR count). The maximum Gasteiger partial charge on any atom is 0.257 e. The van der Waals surface area contributed by atoms with Crippen molar-refractivity contribution in [2.75, 3.05) is 5.32 Å². The summed E-state index contributed by atoms with van der Waals surface area (Å²) in [5.41, 5.74) is 0.540. The number of carbonyl (C=O) groups is 1. The Kier molecular flexibility index (Phi) is 3.02. The molecule has 1 N–H and O–H groups in total. The Bertz CT molecular complexity index is 510. The van der Waals surface area contributed by atoms with E-state index in [4.69, 9.17) is 0 Å². The Morgan fingerprint density at radius 1 is 1.31 bits per heavy atom. The largest absolute Gasteiger partial charge is 0.298 e. The van der Waals surface area contributed by atoms with Crippen molar-refractivity contribution in [1.29, 1.82) is 0 Å². The lowest BCUT2D eigenvalue weighted by atomic mass is 10.2. The molecule has 0 saturated carbocycles. The van der Waals surface area contributed by atoms with Crippen LogP contribution in [0.25, 0.3) is 0 Å². The zero-order valence-corrected chi connectivity index (χ0v) is 8.90. The first-order chi connectivity index (χ1) is 7.79. The lowest BCUT2D eigenvalue weighted by Crippen LogP contribution is -2.11. The lowest BCUT2D eigenvalue weighted by Gasteiger charge is -1.99. The van der Waals surface area contributed by atoms with Crippen molar-refractivity contribution in [3.05, 3.63) is 47.0 Å². The molecule has 16 heavy (non-hydrogen) atoms. The molecule has 6 heteroatoms. The minimum absolute atomic E-state index is 0.239. The topological polar surface area (TPSA) is 71.4 Å². The van der Waals surface area contributed by atoms with Crippen molar-refractivity contribution in [3.63, 3.8) is 0 Å². The van der Waals surface area contributed by atoms with E-state index in [0.717, 1.165) is 11.3 Å². The van der Waals surface area contributed by atoms with E-state index in [-0.39, 0.29) is 10.9 Å². The zero-order chi connectivity index (χ0) is 11.4. The van der Waals surface area contributed by atoms with Crippen LogP contribution in [0.3, 0.4) is 0 Å². The second-order valence-electron chi connectivity index (χ2n) is 2.92. The first kappa shape index (κ1) is 10.4. The number of nitrogens with one attached hydrogen (secondary N) is 1. The van der Waals surface area contributed by atoms with Gasteiger partial charge in [-0.3, -0.25) is 10.1 Å². The third-order valence-electron chi connectivity index (χ3n) is 1.84. The van der Waals surface area contributed by atoms with E-state index in [0.29, 0.717) is 10.7 Å². The summed E-state index contributed by atoms with van der Waals surface area (Å²) in [6.07, 6.45) is 1.32. The number of hydrogen-bond acceptors (Lipinski definition) is 5. The molecule has 0 aliphatic heterocycles. The zero-order valence-electron chi connectivity index (χ0n) is 8.08. The normalized spacial score (nSPS) is 9.75. The molecule has 5 nitrogen and oxygen atoms in total. The van der Waals surface area contributed by atoms with Crippen molar-refractivity contribution in [2.45, 2.75) is 0 Å². The number of rotatable bonds is 3. The van der Waals surface area contributed by atoms with Gasteiger partial charge < -0.3 is 0 Å². The van der Waals surface area contributed by atoms with E-state index in [2.05, 4.69) is 15.5 Å². The van der Waals surface area contributed by atoms with Crippen molar-refractivity contribution in [1.82, 2.24) is 4.98 Å². The van der Waals surface area contributed by atoms with Gasteiger partial charge in [0.1, 0.15) is 0 Å². The van der Waals surface area contributed by atoms with Gasteiger partial charge in [-0.1, -0.05) is 29.5 Å². The fourth-order valence-corrected chi connectivity index (χ4v) is 1.71. The summed E-state index contributed by atoms with van der Waals surface area (Å²) in [6.45, 7) is 0. The molecule has 1 heterocycles. The van der Waals surface area contributed by atoms with E-state index in [1.807, 2.05) is 6.07 Å². The molecule has 0 bridgehead atoms. The van der Waals surface area contributed by atoms with Gasteiger partial charge in [-0.15, -0.1) is 4.91 Å². The molecule has 1 aromatic carbocycles. The smallest absolute Gasteiger partial charge is 0.257 e. The number of benzene rings is 1. The van der Waals surface area contributed by atoms with Gasteiger partial charge >= 0.3 is 0 Å². The number of thiazole rings is 1. The first-order valence-corrected chi connectivity index (χ1v) is 5.27. The van der Waals surface area contributed by atoms with Crippen molar-refractivity contribution < 1.29 is 4.79 Å². The summed E-state index contributed by atoms with van der Waals surface area (Å²) in [5.74, 6) is -0.257. The molecular formula is C10H7N3O2S. The second kappa shape index (κ2) is 4.63. The highest BCUT2D eigenvalue weighted by Crippen LogP contribution is 2.25. The highest BCUT2D eigenvalue weighted by Gasteiger charge is 2.08. The molecule has 1 aromatic heterocycles. The molecule has 0 radical (unpaired) electrons. The van der Waals surface area contributed by atoms with Crippen molar-refractivity contribution in [3.8, 4) is 0 Å². The van der Waals surface area contributed by atoms with E-state index >= 15 is 0 Å². The van der Waals surface area contributed by atoms with Crippen LogP contribution >= 0.6 is 11.3 Å². The van der Waals surface area contributed by atoms with Crippen molar-refractivity contribution >= 4 is 27.4 Å². The second-order valence-corrected chi connectivity index (χ2v) is 3.92. The maximum absolute atomic E-state index is 11.7. The number of aromatic nitrogens is 1. The fraction of sp³-hybridized carbons (Fsp3) is 0. The molecular weight excluding hydrogens is 226 g/mol. The molecule has 0 unspecified atom stereocenters. The first-order valence-electron chi connectivity index (χ1n) is 4.45. The number of nitroso groups, excluding NO2 is 1. The predicted octanol–water partition coefficient (Wildman–Crippen LogP) is 2.79. The molecule has 0 saturated heterocycles. The predicted molar refractivity (Wildman–Crippen MR) is 62.0 cm³/mol. The van der Waals surface area contributed by atoms with E-state index in [1.165, 1.54) is 6.20 Å². The number of anilines is 1. The van der Waals surface area contributed by atoms with Gasteiger partial charge in [-0.25, -0.2) is 4.98 Å². The molecule has 0 atom stereocenters. The number of nitrogens with zero attached hydrogens (tertiary/aromatic N) is 2. The van der Waals surface area contributed by atoms with Gasteiger partial charge in [0.15, 0.2) is 10.1 Å². The monoisotopic (exact) mass is 233 g/mol. The quantitative estimate of drug-likeness (QED) is 0.828. The molecule has 1 amide bonds. The van der Waals surface area contributed by atoms with E-state index in [1.54, 1.807) is 24.3 Å². The van der Waals surface area contributed by atoms with Crippen LogP contribution in [0.2, 0.25) is 0 Å².